The van der Waals surface area contributed by atoms with E-state index in [0.29, 0.717) is 18.9 Å². The van der Waals surface area contributed by atoms with Gasteiger partial charge < -0.3 is 14.8 Å². The quantitative estimate of drug-likeness (QED) is 0.728. The lowest BCUT2D eigenvalue weighted by Gasteiger charge is -2.20. The average molecular weight is 243 g/mol. The fraction of sp³-hybridized carbons (Fsp3) is 0.833. The molecule has 1 fully saturated rings. The average Bonchev–Trinajstić information content (AvgIpc) is 2.79. The van der Waals surface area contributed by atoms with Crippen molar-refractivity contribution >= 4 is 11.9 Å². The van der Waals surface area contributed by atoms with Gasteiger partial charge >= 0.3 is 5.97 Å². The molecular formula is C12H21NO4. The minimum absolute atomic E-state index is 0.210. The molecule has 2 atom stereocenters. The maximum absolute atomic E-state index is 11.8. The van der Waals surface area contributed by atoms with Gasteiger partial charge in [-0.3, -0.25) is 4.79 Å². The van der Waals surface area contributed by atoms with Crippen molar-refractivity contribution in [2.24, 2.45) is 5.92 Å². The fourth-order valence-corrected chi connectivity index (χ4v) is 1.88. The predicted octanol–water partition coefficient (Wildman–Crippen LogP) is 0.869. The molecule has 0 aromatic heterocycles. The molecule has 0 aliphatic carbocycles. The molecule has 5 heteroatoms. The summed E-state index contributed by atoms with van der Waals surface area (Å²) >= 11 is 0. The smallest absolute Gasteiger partial charge is 0.328 e. The molecule has 2 unspecified atom stereocenters. The van der Waals surface area contributed by atoms with Crippen LogP contribution >= 0.6 is 0 Å². The second kappa shape index (κ2) is 6.59. The van der Waals surface area contributed by atoms with Crippen LogP contribution in [0.4, 0.5) is 0 Å². The Labute approximate surface area is 102 Å². The molecule has 1 aliphatic rings. The first-order chi connectivity index (χ1) is 8.04. The number of hydrogen-bond donors (Lipinski definition) is 1. The van der Waals surface area contributed by atoms with Crippen LogP contribution in [0.5, 0.6) is 0 Å². The minimum atomic E-state index is -0.573. The monoisotopic (exact) mass is 243 g/mol. The number of nitrogens with one attached hydrogen (secondary N) is 1. The number of esters is 1. The maximum Gasteiger partial charge on any atom is 0.328 e. The van der Waals surface area contributed by atoms with Crippen LogP contribution in [0.3, 0.4) is 0 Å². The van der Waals surface area contributed by atoms with Gasteiger partial charge in [-0.2, -0.15) is 0 Å². The highest BCUT2D eigenvalue weighted by atomic mass is 16.5. The molecule has 0 bridgehead atoms. The summed E-state index contributed by atoms with van der Waals surface area (Å²) in [4.78, 5) is 23.3. The summed E-state index contributed by atoms with van der Waals surface area (Å²) in [5.74, 6) is -0.299. The third kappa shape index (κ3) is 4.34. The van der Waals surface area contributed by atoms with Crippen molar-refractivity contribution in [1.82, 2.24) is 5.32 Å². The SMILES string of the molecule is COC(=O)C(CC(C)C)NC(=O)C1CCCO1. The number of rotatable bonds is 5. The molecule has 1 saturated heterocycles. The summed E-state index contributed by atoms with van der Waals surface area (Å²) in [6.07, 6.45) is 1.78. The van der Waals surface area contributed by atoms with E-state index in [4.69, 9.17) is 4.74 Å². The zero-order valence-electron chi connectivity index (χ0n) is 10.7. The maximum atomic E-state index is 11.8. The molecule has 0 saturated carbocycles. The van der Waals surface area contributed by atoms with E-state index in [1.54, 1.807) is 0 Å². The van der Waals surface area contributed by atoms with E-state index in [1.807, 2.05) is 13.8 Å². The van der Waals surface area contributed by atoms with Gasteiger partial charge in [-0.1, -0.05) is 13.8 Å². The van der Waals surface area contributed by atoms with Gasteiger partial charge in [0, 0.05) is 6.61 Å². The van der Waals surface area contributed by atoms with Gasteiger partial charge in [0.05, 0.1) is 7.11 Å². The molecule has 1 heterocycles. The Balaban J connectivity index is 2.52. The molecule has 1 N–H and O–H groups in total. The first-order valence-electron chi connectivity index (χ1n) is 6.04. The first-order valence-corrected chi connectivity index (χ1v) is 6.04. The third-order valence-electron chi connectivity index (χ3n) is 2.73. The lowest BCUT2D eigenvalue weighted by Crippen LogP contribution is -2.46. The Kier molecular flexibility index (Phi) is 5.41. The van der Waals surface area contributed by atoms with E-state index >= 15 is 0 Å². The summed E-state index contributed by atoms with van der Waals surface area (Å²) in [6, 6.07) is -0.573. The summed E-state index contributed by atoms with van der Waals surface area (Å²) in [7, 11) is 1.33. The van der Waals surface area contributed by atoms with Gasteiger partial charge in [-0.15, -0.1) is 0 Å². The fourth-order valence-electron chi connectivity index (χ4n) is 1.88. The zero-order valence-corrected chi connectivity index (χ0v) is 10.7. The summed E-state index contributed by atoms with van der Waals surface area (Å²) in [5, 5.41) is 2.70. The lowest BCUT2D eigenvalue weighted by atomic mass is 10.0. The molecule has 98 valence electrons. The summed E-state index contributed by atoms with van der Waals surface area (Å²) < 4.78 is 9.95. The molecule has 1 amide bonds. The second-order valence-electron chi connectivity index (χ2n) is 4.72. The number of hydrogen-bond acceptors (Lipinski definition) is 4. The van der Waals surface area contributed by atoms with Gasteiger partial charge in [0.2, 0.25) is 5.91 Å². The van der Waals surface area contributed by atoms with Crippen LogP contribution in [0.1, 0.15) is 33.1 Å². The molecule has 0 spiro atoms. The van der Waals surface area contributed by atoms with Crippen LogP contribution in [-0.4, -0.2) is 37.7 Å². The lowest BCUT2D eigenvalue weighted by molar-refractivity contribution is -0.146. The van der Waals surface area contributed by atoms with Crippen molar-refractivity contribution in [2.75, 3.05) is 13.7 Å². The van der Waals surface area contributed by atoms with Crippen molar-refractivity contribution in [3.63, 3.8) is 0 Å². The topological polar surface area (TPSA) is 64.6 Å². The van der Waals surface area contributed by atoms with E-state index in [0.717, 1.165) is 12.8 Å². The highest BCUT2D eigenvalue weighted by molar-refractivity contribution is 5.87. The highest BCUT2D eigenvalue weighted by Crippen LogP contribution is 2.13. The molecule has 1 aliphatic heterocycles. The largest absolute Gasteiger partial charge is 0.467 e. The van der Waals surface area contributed by atoms with Crippen LogP contribution in [0, 0.1) is 5.92 Å². The molecular weight excluding hydrogens is 222 g/mol. The molecule has 5 nitrogen and oxygen atoms in total. The molecule has 0 radical (unpaired) electrons. The van der Waals surface area contributed by atoms with E-state index < -0.39 is 18.1 Å². The van der Waals surface area contributed by atoms with Crippen molar-refractivity contribution in [3.8, 4) is 0 Å². The molecule has 0 aromatic rings. The number of amides is 1. The van der Waals surface area contributed by atoms with Crippen LogP contribution in [0.2, 0.25) is 0 Å². The van der Waals surface area contributed by atoms with E-state index in [2.05, 4.69) is 10.1 Å². The van der Waals surface area contributed by atoms with Crippen LogP contribution in [-0.2, 0) is 19.1 Å². The molecule has 0 aromatic carbocycles. The second-order valence-corrected chi connectivity index (χ2v) is 4.72. The van der Waals surface area contributed by atoms with Crippen molar-refractivity contribution in [1.29, 1.82) is 0 Å². The molecule has 17 heavy (non-hydrogen) atoms. The predicted molar refractivity (Wildman–Crippen MR) is 62.4 cm³/mol. The summed E-state index contributed by atoms with van der Waals surface area (Å²) in [5.41, 5.74) is 0. The molecule has 1 rings (SSSR count). The van der Waals surface area contributed by atoms with Crippen molar-refractivity contribution < 1.29 is 19.1 Å². The standard InChI is InChI=1S/C12H21NO4/c1-8(2)7-9(12(15)16-3)13-11(14)10-5-4-6-17-10/h8-10H,4-7H2,1-3H3,(H,13,14). The number of methoxy groups -OCH3 is 1. The van der Waals surface area contributed by atoms with Crippen molar-refractivity contribution in [2.45, 2.75) is 45.3 Å². The van der Waals surface area contributed by atoms with Gasteiger partial charge in [0.1, 0.15) is 12.1 Å². The highest BCUT2D eigenvalue weighted by Gasteiger charge is 2.29. The Morgan fingerprint density at radius 2 is 2.18 bits per heavy atom. The van der Waals surface area contributed by atoms with Gasteiger partial charge in [0.25, 0.3) is 0 Å². The van der Waals surface area contributed by atoms with Gasteiger partial charge in [-0.05, 0) is 25.2 Å². The number of carbonyl (C=O) groups is 2. The normalized spacial score (nSPS) is 21.3. The first kappa shape index (κ1) is 14.0. The Morgan fingerprint density at radius 3 is 2.65 bits per heavy atom. The Morgan fingerprint density at radius 1 is 1.47 bits per heavy atom. The van der Waals surface area contributed by atoms with E-state index in [9.17, 15) is 9.59 Å². The Bertz CT molecular complexity index is 272. The third-order valence-corrected chi connectivity index (χ3v) is 2.73. The van der Waals surface area contributed by atoms with E-state index in [1.165, 1.54) is 7.11 Å². The number of ether oxygens (including phenoxy) is 2. The Hall–Kier alpha value is -1.10. The van der Waals surface area contributed by atoms with Gasteiger partial charge in [0.15, 0.2) is 0 Å². The zero-order chi connectivity index (χ0) is 12.8. The van der Waals surface area contributed by atoms with Crippen LogP contribution < -0.4 is 5.32 Å². The summed E-state index contributed by atoms with van der Waals surface area (Å²) in [6.45, 7) is 4.60. The van der Waals surface area contributed by atoms with Crippen molar-refractivity contribution in [3.05, 3.63) is 0 Å². The van der Waals surface area contributed by atoms with Crippen LogP contribution in [0.15, 0.2) is 0 Å². The van der Waals surface area contributed by atoms with Crippen LogP contribution in [0.25, 0.3) is 0 Å². The number of carbonyl (C=O) groups excluding carboxylic acids is 2. The minimum Gasteiger partial charge on any atom is -0.467 e. The van der Waals surface area contributed by atoms with E-state index in [-0.39, 0.29) is 5.91 Å². The van der Waals surface area contributed by atoms with Gasteiger partial charge in [-0.25, -0.2) is 4.79 Å².